The van der Waals surface area contributed by atoms with Gasteiger partial charge in [-0.05, 0) is 59.2 Å². The first-order chi connectivity index (χ1) is 9.10. The van der Waals surface area contributed by atoms with Gasteiger partial charge in [0.1, 0.15) is 0 Å². The Hall–Kier alpha value is -0.130. The van der Waals surface area contributed by atoms with Crippen LogP contribution in [0.3, 0.4) is 0 Å². The molecule has 19 heavy (non-hydrogen) atoms. The van der Waals surface area contributed by atoms with E-state index < -0.39 is 0 Å². The molecule has 1 fully saturated rings. The number of likely N-dealkylation sites (N-methyl/N-ethyl adjacent to an activating group) is 3. The molecule has 2 rings (SSSR count). The summed E-state index contributed by atoms with van der Waals surface area (Å²) >= 11 is 7.73. The molecular formula is C14H24ClN3S. The van der Waals surface area contributed by atoms with Crippen LogP contribution in [0, 0.1) is 0 Å². The average molecular weight is 302 g/mol. The van der Waals surface area contributed by atoms with E-state index in [0.717, 1.165) is 17.3 Å². The van der Waals surface area contributed by atoms with E-state index in [2.05, 4.69) is 42.3 Å². The fourth-order valence-electron chi connectivity index (χ4n) is 2.85. The van der Waals surface area contributed by atoms with E-state index in [-0.39, 0.29) is 0 Å². The maximum atomic E-state index is 6.03. The maximum absolute atomic E-state index is 6.03. The zero-order chi connectivity index (χ0) is 13.8. The van der Waals surface area contributed by atoms with Gasteiger partial charge in [-0.3, -0.25) is 0 Å². The van der Waals surface area contributed by atoms with Crippen LogP contribution >= 0.6 is 22.9 Å². The summed E-state index contributed by atoms with van der Waals surface area (Å²) in [4.78, 5) is 6.31. The summed E-state index contributed by atoms with van der Waals surface area (Å²) in [6.07, 6.45) is 2.31. The van der Waals surface area contributed by atoms with Crippen molar-refractivity contribution >= 4 is 22.9 Å². The number of hydrogen-bond acceptors (Lipinski definition) is 4. The molecule has 0 radical (unpaired) electrons. The summed E-state index contributed by atoms with van der Waals surface area (Å²) in [6, 6.07) is 5.17. The minimum absolute atomic E-state index is 0.472. The SMILES string of the molecule is CNC(Cc1ccc(Cl)s1)C1CN(C)CCCN1C. The third-order valence-electron chi connectivity index (χ3n) is 4.00. The van der Waals surface area contributed by atoms with E-state index in [0.29, 0.717) is 12.1 Å². The van der Waals surface area contributed by atoms with Gasteiger partial charge in [-0.25, -0.2) is 0 Å². The zero-order valence-corrected chi connectivity index (χ0v) is 13.6. The molecule has 1 aliphatic rings. The van der Waals surface area contributed by atoms with Crippen LogP contribution in [-0.4, -0.2) is 62.7 Å². The predicted octanol–water partition coefficient (Wildman–Crippen LogP) is 2.17. The highest BCUT2D eigenvalue weighted by Crippen LogP contribution is 2.24. The molecule has 1 N–H and O–H groups in total. The first kappa shape index (κ1) is 15.3. The van der Waals surface area contributed by atoms with Crippen LogP contribution in [0.5, 0.6) is 0 Å². The monoisotopic (exact) mass is 301 g/mol. The Morgan fingerprint density at radius 2 is 2.21 bits per heavy atom. The van der Waals surface area contributed by atoms with Gasteiger partial charge in [0.15, 0.2) is 0 Å². The van der Waals surface area contributed by atoms with Crippen molar-refractivity contribution in [3.05, 3.63) is 21.3 Å². The molecule has 1 aromatic heterocycles. The van der Waals surface area contributed by atoms with Gasteiger partial charge in [-0.1, -0.05) is 11.6 Å². The average Bonchev–Trinajstić information content (AvgIpc) is 2.70. The van der Waals surface area contributed by atoms with Gasteiger partial charge in [-0.2, -0.15) is 0 Å². The summed E-state index contributed by atoms with van der Waals surface area (Å²) in [5.41, 5.74) is 0. The summed E-state index contributed by atoms with van der Waals surface area (Å²) in [5, 5.41) is 3.50. The molecule has 1 aliphatic heterocycles. The lowest BCUT2D eigenvalue weighted by atomic mass is 10.0. The number of hydrogen-bond donors (Lipinski definition) is 1. The molecule has 5 heteroatoms. The minimum atomic E-state index is 0.472. The molecule has 0 amide bonds. The highest BCUT2D eigenvalue weighted by atomic mass is 35.5. The van der Waals surface area contributed by atoms with Crippen molar-refractivity contribution in [3.63, 3.8) is 0 Å². The molecule has 3 nitrogen and oxygen atoms in total. The largest absolute Gasteiger partial charge is 0.315 e. The van der Waals surface area contributed by atoms with Gasteiger partial charge in [0.05, 0.1) is 4.34 Å². The second kappa shape index (κ2) is 7.04. The van der Waals surface area contributed by atoms with E-state index in [1.807, 2.05) is 6.07 Å². The van der Waals surface area contributed by atoms with Crippen molar-refractivity contribution in [2.45, 2.75) is 24.9 Å². The van der Waals surface area contributed by atoms with Gasteiger partial charge in [-0.15, -0.1) is 11.3 Å². The maximum Gasteiger partial charge on any atom is 0.0931 e. The molecule has 0 saturated carbocycles. The Morgan fingerprint density at radius 1 is 1.42 bits per heavy atom. The summed E-state index contributed by atoms with van der Waals surface area (Å²) in [7, 11) is 6.54. The summed E-state index contributed by atoms with van der Waals surface area (Å²) in [6.45, 7) is 3.50. The normalized spacial score (nSPS) is 24.3. The Balaban J connectivity index is 2.06. The second-order valence-corrected chi connectivity index (χ2v) is 7.27. The van der Waals surface area contributed by atoms with Crippen LogP contribution in [0.25, 0.3) is 0 Å². The van der Waals surface area contributed by atoms with Crippen LogP contribution < -0.4 is 5.32 Å². The standard InChI is InChI=1S/C14H24ClN3S/c1-16-12(9-11-5-6-14(15)19-11)13-10-17(2)7-4-8-18(13)3/h5-6,12-13,16H,4,7-10H2,1-3H3. The lowest BCUT2D eigenvalue weighted by Crippen LogP contribution is -2.52. The topological polar surface area (TPSA) is 18.5 Å². The van der Waals surface area contributed by atoms with Crippen LogP contribution in [-0.2, 0) is 6.42 Å². The minimum Gasteiger partial charge on any atom is -0.315 e. The van der Waals surface area contributed by atoms with Crippen LogP contribution in [0.2, 0.25) is 4.34 Å². The van der Waals surface area contributed by atoms with Crippen LogP contribution in [0.15, 0.2) is 12.1 Å². The van der Waals surface area contributed by atoms with Crippen molar-refractivity contribution in [2.24, 2.45) is 0 Å². The van der Waals surface area contributed by atoms with E-state index in [4.69, 9.17) is 11.6 Å². The van der Waals surface area contributed by atoms with Gasteiger partial charge in [0.2, 0.25) is 0 Å². The first-order valence-electron chi connectivity index (χ1n) is 6.90. The van der Waals surface area contributed by atoms with Gasteiger partial charge in [0, 0.05) is 23.5 Å². The summed E-state index contributed by atoms with van der Waals surface area (Å²) < 4.78 is 0.885. The Morgan fingerprint density at radius 3 is 2.84 bits per heavy atom. The van der Waals surface area contributed by atoms with E-state index in [9.17, 15) is 0 Å². The van der Waals surface area contributed by atoms with Gasteiger partial charge < -0.3 is 15.1 Å². The molecule has 0 aromatic carbocycles. The third-order valence-corrected chi connectivity index (χ3v) is 5.25. The van der Waals surface area contributed by atoms with Crippen LogP contribution in [0.4, 0.5) is 0 Å². The lowest BCUT2D eigenvalue weighted by molar-refractivity contribution is 0.181. The molecule has 108 valence electrons. The number of halogens is 1. The van der Waals surface area contributed by atoms with E-state index in [1.165, 1.54) is 24.4 Å². The Kier molecular flexibility index (Phi) is 5.66. The Labute approximate surface area is 125 Å². The molecule has 1 saturated heterocycles. The van der Waals surface area contributed by atoms with E-state index >= 15 is 0 Å². The predicted molar refractivity (Wildman–Crippen MR) is 84.4 cm³/mol. The number of rotatable bonds is 4. The van der Waals surface area contributed by atoms with Gasteiger partial charge in [0.25, 0.3) is 0 Å². The quantitative estimate of drug-likeness (QED) is 0.919. The van der Waals surface area contributed by atoms with Crippen molar-refractivity contribution < 1.29 is 0 Å². The molecule has 1 aromatic rings. The number of nitrogens with zero attached hydrogens (tertiary/aromatic N) is 2. The second-order valence-electron chi connectivity index (χ2n) is 5.47. The first-order valence-corrected chi connectivity index (χ1v) is 8.10. The van der Waals surface area contributed by atoms with Crippen LogP contribution in [0.1, 0.15) is 11.3 Å². The molecular weight excluding hydrogens is 278 g/mol. The fourth-order valence-corrected chi connectivity index (χ4v) is 3.99. The van der Waals surface area contributed by atoms with Crippen molar-refractivity contribution in [2.75, 3.05) is 40.8 Å². The summed E-state index contributed by atoms with van der Waals surface area (Å²) in [5.74, 6) is 0. The molecule has 2 unspecified atom stereocenters. The van der Waals surface area contributed by atoms with Gasteiger partial charge >= 0.3 is 0 Å². The van der Waals surface area contributed by atoms with Crippen molar-refractivity contribution in [1.29, 1.82) is 0 Å². The third kappa shape index (κ3) is 4.17. The number of thiophene rings is 1. The van der Waals surface area contributed by atoms with E-state index in [1.54, 1.807) is 11.3 Å². The molecule has 2 atom stereocenters. The molecule has 0 aliphatic carbocycles. The van der Waals surface area contributed by atoms with Crippen molar-refractivity contribution in [3.8, 4) is 0 Å². The number of nitrogens with one attached hydrogen (secondary N) is 1. The Bertz CT molecular complexity index is 396. The molecule has 0 bridgehead atoms. The fraction of sp³-hybridized carbons (Fsp3) is 0.714. The molecule has 2 heterocycles. The lowest BCUT2D eigenvalue weighted by Gasteiger charge is -2.34. The smallest absolute Gasteiger partial charge is 0.0931 e. The zero-order valence-electron chi connectivity index (χ0n) is 12.0. The highest BCUT2D eigenvalue weighted by Gasteiger charge is 2.27. The molecule has 0 spiro atoms. The highest BCUT2D eigenvalue weighted by molar-refractivity contribution is 7.16. The van der Waals surface area contributed by atoms with Crippen molar-refractivity contribution in [1.82, 2.24) is 15.1 Å².